The van der Waals surface area contributed by atoms with Crippen LogP contribution in [-0.4, -0.2) is 10.9 Å². The van der Waals surface area contributed by atoms with E-state index in [0.717, 1.165) is 41.9 Å². The van der Waals surface area contributed by atoms with Crippen LogP contribution in [0.2, 0.25) is 0 Å². The first-order valence-electron chi connectivity index (χ1n) is 9.06. The molecule has 1 aliphatic carbocycles. The van der Waals surface area contributed by atoms with Crippen LogP contribution < -0.4 is 5.32 Å². The smallest absolute Gasteiger partial charge is 0.220 e. The fourth-order valence-corrected chi connectivity index (χ4v) is 3.40. The molecular formula is C21H22N2O3. The fraction of sp³-hybridized carbons (Fsp3) is 0.333. The van der Waals surface area contributed by atoms with Crippen LogP contribution in [0.15, 0.2) is 51.6 Å². The van der Waals surface area contributed by atoms with Gasteiger partial charge < -0.3 is 14.2 Å². The largest absolute Gasteiger partial charge is 0.469 e. The lowest BCUT2D eigenvalue weighted by molar-refractivity contribution is -0.122. The van der Waals surface area contributed by atoms with Crippen molar-refractivity contribution in [1.29, 1.82) is 0 Å². The van der Waals surface area contributed by atoms with Crippen LogP contribution in [0.25, 0.3) is 11.3 Å². The molecule has 1 aliphatic rings. The normalized spacial score (nSPS) is 16.3. The van der Waals surface area contributed by atoms with E-state index in [2.05, 4.69) is 10.3 Å². The summed E-state index contributed by atoms with van der Waals surface area (Å²) in [5, 5.41) is 3.11. The van der Waals surface area contributed by atoms with Gasteiger partial charge in [-0.1, -0.05) is 29.8 Å². The van der Waals surface area contributed by atoms with Crippen molar-refractivity contribution in [3.05, 3.63) is 65.6 Å². The third-order valence-corrected chi connectivity index (χ3v) is 4.84. The van der Waals surface area contributed by atoms with Gasteiger partial charge in [0.2, 0.25) is 5.91 Å². The minimum absolute atomic E-state index is 0.0131. The van der Waals surface area contributed by atoms with Gasteiger partial charge in [-0.05, 0) is 25.8 Å². The second-order valence-electron chi connectivity index (χ2n) is 6.80. The number of furan rings is 1. The number of fused-ring (bicyclic) bond motifs is 1. The van der Waals surface area contributed by atoms with Gasteiger partial charge in [0, 0.05) is 30.4 Å². The Bertz CT molecular complexity index is 892. The quantitative estimate of drug-likeness (QED) is 0.742. The number of nitrogens with one attached hydrogen (secondary N) is 1. The van der Waals surface area contributed by atoms with Gasteiger partial charge in [0.05, 0.1) is 18.5 Å². The molecule has 1 aromatic carbocycles. The number of carbonyl (C=O) groups is 1. The molecule has 0 saturated heterocycles. The van der Waals surface area contributed by atoms with E-state index in [1.807, 2.05) is 37.3 Å². The number of amides is 1. The Hall–Kier alpha value is -2.82. The molecule has 1 atom stereocenters. The highest BCUT2D eigenvalue weighted by atomic mass is 16.4. The maximum absolute atomic E-state index is 12.3. The summed E-state index contributed by atoms with van der Waals surface area (Å²) in [5.74, 6) is 2.33. The van der Waals surface area contributed by atoms with Crippen molar-refractivity contribution in [2.45, 2.75) is 45.1 Å². The average molecular weight is 350 g/mol. The Kier molecular flexibility index (Phi) is 4.61. The zero-order valence-electron chi connectivity index (χ0n) is 14.8. The van der Waals surface area contributed by atoms with Gasteiger partial charge in [0.1, 0.15) is 5.76 Å². The van der Waals surface area contributed by atoms with Crippen LogP contribution in [0.1, 0.15) is 48.1 Å². The molecule has 134 valence electrons. The Morgan fingerprint density at radius 3 is 2.96 bits per heavy atom. The summed E-state index contributed by atoms with van der Waals surface area (Å²) < 4.78 is 11.3. The van der Waals surface area contributed by atoms with Gasteiger partial charge in [-0.2, -0.15) is 0 Å². The summed E-state index contributed by atoms with van der Waals surface area (Å²) >= 11 is 0. The van der Waals surface area contributed by atoms with E-state index < -0.39 is 0 Å². The SMILES string of the molecule is Cc1ccc(-c2cnc(CCC(=O)NC3CCCc4occc43)o2)cc1. The van der Waals surface area contributed by atoms with Crippen LogP contribution in [0.5, 0.6) is 0 Å². The van der Waals surface area contributed by atoms with E-state index in [1.165, 1.54) is 5.56 Å². The second-order valence-corrected chi connectivity index (χ2v) is 6.80. The molecule has 5 heteroatoms. The molecule has 0 saturated carbocycles. The van der Waals surface area contributed by atoms with E-state index in [1.54, 1.807) is 12.5 Å². The van der Waals surface area contributed by atoms with Gasteiger partial charge in [-0.3, -0.25) is 4.79 Å². The van der Waals surface area contributed by atoms with Crippen molar-refractivity contribution in [2.24, 2.45) is 0 Å². The molecule has 0 bridgehead atoms. The number of hydrogen-bond acceptors (Lipinski definition) is 4. The predicted octanol–water partition coefficient (Wildman–Crippen LogP) is 4.37. The van der Waals surface area contributed by atoms with Crippen molar-refractivity contribution in [3.63, 3.8) is 0 Å². The summed E-state index contributed by atoms with van der Waals surface area (Å²) in [7, 11) is 0. The van der Waals surface area contributed by atoms with Crippen LogP contribution in [0, 0.1) is 6.92 Å². The van der Waals surface area contributed by atoms with E-state index in [0.29, 0.717) is 18.7 Å². The average Bonchev–Trinajstić information content (AvgIpc) is 3.30. The van der Waals surface area contributed by atoms with Gasteiger partial charge in [0.15, 0.2) is 11.7 Å². The van der Waals surface area contributed by atoms with Gasteiger partial charge >= 0.3 is 0 Å². The number of hydrogen-bond donors (Lipinski definition) is 1. The zero-order valence-corrected chi connectivity index (χ0v) is 14.8. The monoisotopic (exact) mass is 350 g/mol. The lowest BCUT2D eigenvalue weighted by Crippen LogP contribution is -2.30. The maximum Gasteiger partial charge on any atom is 0.220 e. The van der Waals surface area contributed by atoms with Crippen molar-refractivity contribution in [3.8, 4) is 11.3 Å². The molecule has 3 aromatic rings. The minimum atomic E-state index is 0.0131. The van der Waals surface area contributed by atoms with E-state index >= 15 is 0 Å². The fourth-order valence-electron chi connectivity index (χ4n) is 3.40. The predicted molar refractivity (Wildman–Crippen MR) is 97.5 cm³/mol. The van der Waals surface area contributed by atoms with Crippen molar-refractivity contribution < 1.29 is 13.6 Å². The Balaban J connectivity index is 1.33. The number of aromatic nitrogens is 1. The van der Waals surface area contributed by atoms with Gasteiger partial charge in [0.25, 0.3) is 0 Å². The first-order chi connectivity index (χ1) is 12.7. The van der Waals surface area contributed by atoms with Gasteiger partial charge in [-0.15, -0.1) is 0 Å². The Labute approximate surface area is 152 Å². The lowest BCUT2D eigenvalue weighted by Gasteiger charge is -2.22. The lowest BCUT2D eigenvalue weighted by atomic mass is 9.93. The summed E-state index contributed by atoms with van der Waals surface area (Å²) in [6.07, 6.45) is 7.21. The zero-order chi connectivity index (χ0) is 17.9. The van der Waals surface area contributed by atoms with Gasteiger partial charge in [-0.25, -0.2) is 4.98 Å². The highest BCUT2D eigenvalue weighted by molar-refractivity contribution is 5.76. The standard InChI is InChI=1S/C21H22N2O3/c1-14-5-7-15(8-6-14)19-13-22-21(26-19)10-9-20(24)23-17-3-2-4-18-16(17)11-12-25-18/h5-8,11-13,17H,2-4,9-10H2,1H3,(H,23,24). The number of aryl methyl sites for hydroxylation is 3. The van der Waals surface area contributed by atoms with Crippen molar-refractivity contribution in [1.82, 2.24) is 10.3 Å². The molecule has 4 rings (SSSR count). The number of benzene rings is 1. The Morgan fingerprint density at radius 1 is 1.27 bits per heavy atom. The van der Waals surface area contributed by atoms with E-state index in [9.17, 15) is 4.79 Å². The van der Waals surface area contributed by atoms with Crippen LogP contribution >= 0.6 is 0 Å². The van der Waals surface area contributed by atoms with E-state index in [4.69, 9.17) is 8.83 Å². The highest BCUT2D eigenvalue weighted by Crippen LogP contribution is 2.30. The maximum atomic E-state index is 12.3. The molecule has 1 N–H and O–H groups in total. The second kappa shape index (κ2) is 7.20. The van der Waals surface area contributed by atoms with E-state index in [-0.39, 0.29) is 11.9 Å². The molecule has 0 aliphatic heterocycles. The van der Waals surface area contributed by atoms with Crippen molar-refractivity contribution >= 4 is 5.91 Å². The third-order valence-electron chi connectivity index (χ3n) is 4.84. The number of carbonyl (C=O) groups excluding carboxylic acids is 1. The molecule has 26 heavy (non-hydrogen) atoms. The molecular weight excluding hydrogens is 328 g/mol. The molecule has 1 amide bonds. The van der Waals surface area contributed by atoms with Crippen LogP contribution in [-0.2, 0) is 17.6 Å². The molecule has 2 heterocycles. The summed E-state index contributed by atoms with van der Waals surface area (Å²) in [4.78, 5) is 16.6. The molecule has 2 aromatic heterocycles. The van der Waals surface area contributed by atoms with Crippen LogP contribution in [0.4, 0.5) is 0 Å². The first kappa shape index (κ1) is 16.6. The van der Waals surface area contributed by atoms with Crippen molar-refractivity contribution in [2.75, 3.05) is 0 Å². The first-order valence-corrected chi connectivity index (χ1v) is 9.06. The summed E-state index contributed by atoms with van der Waals surface area (Å²) in [6.45, 7) is 2.05. The number of nitrogens with zero attached hydrogens (tertiary/aromatic N) is 1. The minimum Gasteiger partial charge on any atom is -0.469 e. The Morgan fingerprint density at radius 2 is 2.12 bits per heavy atom. The summed E-state index contributed by atoms with van der Waals surface area (Å²) in [6, 6.07) is 10.1. The topological polar surface area (TPSA) is 68.3 Å². The molecule has 0 fully saturated rings. The highest BCUT2D eigenvalue weighted by Gasteiger charge is 2.24. The molecule has 0 radical (unpaired) electrons. The summed E-state index contributed by atoms with van der Waals surface area (Å²) in [5.41, 5.74) is 3.31. The molecule has 5 nitrogen and oxygen atoms in total. The van der Waals surface area contributed by atoms with Crippen LogP contribution in [0.3, 0.4) is 0 Å². The number of oxazole rings is 1. The third kappa shape index (κ3) is 3.57. The molecule has 0 spiro atoms. The number of rotatable bonds is 5. The molecule has 1 unspecified atom stereocenters.